The van der Waals surface area contributed by atoms with Crippen molar-refractivity contribution in [3.8, 4) is 0 Å². The molecule has 0 aromatic carbocycles. The average Bonchev–Trinajstić information content (AvgIpc) is 3.12. The van der Waals surface area contributed by atoms with Crippen molar-refractivity contribution < 1.29 is 4.74 Å². The Balaban J connectivity index is 0.00000300. The van der Waals surface area contributed by atoms with Crippen molar-refractivity contribution in [3.05, 3.63) is 15.6 Å². The number of hydrogen-bond acceptors (Lipinski definition) is 5. The summed E-state index contributed by atoms with van der Waals surface area (Å²) in [5, 5.41) is 4.69. The van der Waals surface area contributed by atoms with E-state index in [-0.39, 0.29) is 24.0 Å². The first-order valence-corrected chi connectivity index (χ1v) is 11.7. The van der Waals surface area contributed by atoms with Crippen LogP contribution in [-0.4, -0.2) is 74.2 Å². The smallest absolute Gasteiger partial charge is 0.194 e. The predicted molar refractivity (Wildman–Crippen MR) is 133 cm³/mol. The summed E-state index contributed by atoms with van der Waals surface area (Å²) in [7, 11) is 3.91. The van der Waals surface area contributed by atoms with Crippen molar-refractivity contribution in [2.24, 2.45) is 10.9 Å². The van der Waals surface area contributed by atoms with E-state index >= 15 is 0 Å². The highest BCUT2D eigenvalue weighted by Crippen LogP contribution is 2.27. The van der Waals surface area contributed by atoms with Gasteiger partial charge in [-0.05, 0) is 64.5 Å². The van der Waals surface area contributed by atoms with Gasteiger partial charge >= 0.3 is 0 Å². The van der Waals surface area contributed by atoms with Gasteiger partial charge in [0.25, 0.3) is 0 Å². The van der Waals surface area contributed by atoms with E-state index in [1.807, 2.05) is 11.3 Å². The Labute approximate surface area is 197 Å². The Bertz CT molecular complexity index is 607. The van der Waals surface area contributed by atoms with Crippen molar-refractivity contribution >= 4 is 41.3 Å². The number of nitrogens with zero attached hydrogens (tertiary/aromatic N) is 4. The number of rotatable bonds is 8. The van der Waals surface area contributed by atoms with Gasteiger partial charge in [-0.1, -0.05) is 0 Å². The lowest BCUT2D eigenvalue weighted by Crippen LogP contribution is -2.40. The second kappa shape index (κ2) is 13.1. The Hall–Kier alpha value is -0.450. The molecule has 1 aliphatic heterocycles. The Morgan fingerprint density at radius 3 is 2.76 bits per heavy atom. The fourth-order valence-electron chi connectivity index (χ4n) is 4.05. The number of nitrogens with one attached hydrogen (secondary N) is 1. The molecule has 1 aromatic rings. The number of thiazole rings is 1. The fourth-order valence-corrected chi connectivity index (χ4v) is 5.26. The van der Waals surface area contributed by atoms with Crippen LogP contribution in [0.2, 0.25) is 0 Å². The predicted octanol–water partition coefficient (Wildman–Crippen LogP) is 3.40. The van der Waals surface area contributed by atoms with Gasteiger partial charge in [0.2, 0.25) is 0 Å². The number of methoxy groups -OCH3 is 1. The van der Waals surface area contributed by atoms with Gasteiger partial charge in [0, 0.05) is 38.7 Å². The molecule has 2 heterocycles. The van der Waals surface area contributed by atoms with Crippen LogP contribution >= 0.6 is 35.3 Å². The minimum absolute atomic E-state index is 0. The minimum atomic E-state index is 0. The molecule has 1 aromatic heterocycles. The molecule has 3 rings (SSSR count). The van der Waals surface area contributed by atoms with Gasteiger partial charge in [0.1, 0.15) is 5.01 Å². The number of aryl methyl sites for hydroxylation is 2. The molecule has 2 aliphatic rings. The van der Waals surface area contributed by atoms with Crippen LogP contribution in [0, 0.1) is 5.92 Å². The molecule has 0 saturated carbocycles. The van der Waals surface area contributed by atoms with Crippen LogP contribution in [0.4, 0.5) is 0 Å². The van der Waals surface area contributed by atoms with Crippen LogP contribution in [0.3, 0.4) is 0 Å². The summed E-state index contributed by atoms with van der Waals surface area (Å²) in [5.41, 5.74) is 1.35. The highest BCUT2D eigenvalue weighted by atomic mass is 127. The van der Waals surface area contributed by atoms with Crippen molar-refractivity contribution in [1.29, 1.82) is 0 Å². The van der Waals surface area contributed by atoms with E-state index in [1.54, 1.807) is 7.11 Å². The number of likely N-dealkylation sites (tertiary alicyclic amines) is 1. The Morgan fingerprint density at radius 1 is 1.31 bits per heavy atom. The third kappa shape index (κ3) is 7.63. The molecule has 0 unspecified atom stereocenters. The molecular formula is C21H38IN5OS. The summed E-state index contributed by atoms with van der Waals surface area (Å²) in [5.74, 6) is 1.70. The number of guanidine groups is 1. The molecule has 0 amide bonds. The third-order valence-electron chi connectivity index (χ3n) is 5.78. The number of hydrogen-bond donors (Lipinski definition) is 1. The quantitative estimate of drug-likeness (QED) is 0.314. The van der Waals surface area contributed by atoms with Crippen LogP contribution in [-0.2, 0) is 24.1 Å². The van der Waals surface area contributed by atoms with Crippen LogP contribution in [0.1, 0.15) is 48.2 Å². The molecule has 8 heteroatoms. The number of fused-ring (bicyclic) bond motifs is 1. The van der Waals surface area contributed by atoms with E-state index < -0.39 is 0 Å². The standard InChI is InChI=1S/C21H37N5OS.HI/c1-4-22-21(23-15-17-9-11-26(12-10-17)13-14-27-3)25(2)16-20-24-18-7-5-6-8-19(18)28-20;/h17H,4-16H2,1-3H3,(H,22,23);1H. The Kier molecular flexibility index (Phi) is 11.2. The largest absolute Gasteiger partial charge is 0.383 e. The maximum absolute atomic E-state index is 5.20. The van der Waals surface area contributed by atoms with Crippen molar-refractivity contribution in [1.82, 2.24) is 20.1 Å². The van der Waals surface area contributed by atoms with Crippen LogP contribution in [0.15, 0.2) is 4.99 Å². The van der Waals surface area contributed by atoms with Gasteiger partial charge in [-0.15, -0.1) is 35.3 Å². The molecule has 0 spiro atoms. The third-order valence-corrected chi connectivity index (χ3v) is 6.92. The van der Waals surface area contributed by atoms with Crippen molar-refractivity contribution in [2.75, 3.05) is 53.5 Å². The van der Waals surface area contributed by atoms with Gasteiger partial charge in [-0.3, -0.25) is 4.99 Å². The SMILES string of the molecule is CCNC(=NCC1CCN(CCOC)CC1)N(C)Cc1nc2c(s1)CCCC2.I. The molecule has 1 N–H and O–H groups in total. The van der Waals surface area contributed by atoms with Crippen LogP contribution in [0.25, 0.3) is 0 Å². The monoisotopic (exact) mass is 535 g/mol. The van der Waals surface area contributed by atoms with Gasteiger partial charge in [-0.2, -0.15) is 0 Å². The topological polar surface area (TPSA) is 53.0 Å². The summed E-state index contributed by atoms with van der Waals surface area (Å²) in [6.07, 6.45) is 7.45. The summed E-state index contributed by atoms with van der Waals surface area (Å²) < 4.78 is 5.20. The van der Waals surface area contributed by atoms with Crippen molar-refractivity contribution in [3.63, 3.8) is 0 Å². The number of ether oxygens (including phenoxy) is 1. The first kappa shape index (κ1) is 24.8. The molecule has 1 saturated heterocycles. The highest BCUT2D eigenvalue weighted by Gasteiger charge is 2.20. The summed E-state index contributed by atoms with van der Waals surface area (Å²) in [4.78, 5) is 16.1. The zero-order chi connectivity index (χ0) is 19.8. The molecule has 1 aliphatic carbocycles. The molecule has 6 nitrogen and oxygen atoms in total. The summed E-state index contributed by atoms with van der Waals surface area (Å²) in [6.45, 7) is 9.01. The molecule has 1 fully saturated rings. The normalized spacial score (nSPS) is 18.2. The fraction of sp³-hybridized carbons (Fsp3) is 0.810. The van der Waals surface area contributed by atoms with Gasteiger partial charge in [0.15, 0.2) is 5.96 Å². The number of aromatic nitrogens is 1. The lowest BCUT2D eigenvalue weighted by molar-refractivity contribution is 0.121. The molecule has 0 atom stereocenters. The van der Waals surface area contributed by atoms with Gasteiger partial charge in [0.05, 0.1) is 18.8 Å². The molecular weight excluding hydrogens is 497 g/mol. The van der Waals surface area contributed by atoms with E-state index in [4.69, 9.17) is 14.7 Å². The second-order valence-corrected chi connectivity index (χ2v) is 9.18. The first-order valence-electron chi connectivity index (χ1n) is 10.9. The van der Waals surface area contributed by atoms with Crippen LogP contribution in [0.5, 0.6) is 0 Å². The number of piperidine rings is 1. The summed E-state index contributed by atoms with van der Waals surface area (Å²) >= 11 is 1.90. The van der Waals surface area contributed by atoms with E-state index in [0.29, 0.717) is 5.92 Å². The Morgan fingerprint density at radius 2 is 2.07 bits per heavy atom. The molecule has 29 heavy (non-hydrogen) atoms. The maximum Gasteiger partial charge on any atom is 0.194 e. The maximum atomic E-state index is 5.20. The van der Waals surface area contributed by atoms with E-state index in [2.05, 4.69) is 29.1 Å². The minimum Gasteiger partial charge on any atom is -0.383 e. The van der Waals surface area contributed by atoms with E-state index in [9.17, 15) is 0 Å². The van der Waals surface area contributed by atoms with Gasteiger partial charge < -0.3 is 19.9 Å². The molecule has 166 valence electrons. The highest BCUT2D eigenvalue weighted by molar-refractivity contribution is 14.0. The number of halogens is 1. The van der Waals surface area contributed by atoms with E-state index in [0.717, 1.165) is 45.2 Å². The van der Waals surface area contributed by atoms with Crippen molar-refractivity contribution in [2.45, 2.75) is 52.0 Å². The van der Waals surface area contributed by atoms with E-state index in [1.165, 1.54) is 60.8 Å². The lowest BCUT2D eigenvalue weighted by atomic mass is 9.97. The molecule has 0 radical (unpaired) electrons. The zero-order valence-corrected chi connectivity index (χ0v) is 21.4. The first-order chi connectivity index (χ1) is 13.7. The zero-order valence-electron chi connectivity index (χ0n) is 18.3. The molecule has 0 bridgehead atoms. The number of aliphatic imine (C=N–C) groups is 1. The second-order valence-electron chi connectivity index (χ2n) is 8.01. The summed E-state index contributed by atoms with van der Waals surface area (Å²) in [6, 6.07) is 0. The lowest BCUT2D eigenvalue weighted by Gasteiger charge is -2.31. The van der Waals surface area contributed by atoms with Gasteiger partial charge in [-0.25, -0.2) is 4.98 Å². The average molecular weight is 536 g/mol. The van der Waals surface area contributed by atoms with Crippen LogP contribution < -0.4 is 5.32 Å².